The fourth-order valence-corrected chi connectivity index (χ4v) is 4.26. The second-order valence-corrected chi connectivity index (χ2v) is 9.72. The van der Waals surface area contributed by atoms with E-state index in [1.807, 2.05) is 73.8 Å². The quantitative estimate of drug-likeness (QED) is 0.391. The van der Waals surface area contributed by atoms with Gasteiger partial charge in [0.1, 0.15) is 0 Å². The smallest absolute Gasteiger partial charge is 0.246 e. The predicted molar refractivity (Wildman–Crippen MR) is 137 cm³/mol. The minimum Gasteiger partial charge on any atom is -0.335 e. The van der Waals surface area contributed by atoms with Crippen LogP contribution < -0.4 is 5.14 Å². The zero-order valence-electron chi connectivity index (χ0n) is 19.4. The average Bonchev–Trinajstić information content (AvgIpc) is 3.31. The van der Waals surface area contributed by atoms with Crippen molar-refractivity contribution in [3.63, 3.8) is 0 Å². The van der Waals surface area contributed by atoms with Crippen molar-refractivity contribution >= 4 is 22.0 Å². The maximum absolute atomic E-state index is 13.0. The number of carbonyl (C=O) groups is 1. The van der Waals surface area contributed by atoms with Crippen LogP contribution in [-0.2, 0) is 14.8 Å². The number of rotatable bonds is 7. The minimum absolute atomic E-state index is 0.0130. The number of sulfonamides is 1. The van der Waals surface area contributed by atoms with E-state index in [0.29, 0.717) is 5.56 Å². The summed E-state index contributed by atoms with van der Waals surface area (Å²) in [5, 5.41) is 10.0. The molecule has 0 radical (unpaired) electrons. The van der Waals surface area contributed by atoms with E-state index in [1.165, 1.54) is 18.2 Å². The van der Waals surface area contributed by atoms with E-state index in [1.54, 1.807) is 34.8 Å². The van der Waals surface area contributed by atoms with E-state index >= 15 is 0 Å². The van der Waals surface area contributed by atoms with Crippen LogP contribution in [0.2, 0.25) is 0 Å². The third-order valence-corrected chi connectivity index (χ3v) is 6.72. The van der Waals surface area contributed by atoms with Gasteiger partial charge < -0.3 is 4.90 Å². The third-order valence-electron chi connectivity index (χ3n) is 5.81. The van der Waals surface area contributed by atoms with Crippen LogP contribution in [0.25, 0.3) is 23.0 Å². The summed E-state index contributed by atoms with van der Waals surface area (Å²) in [6.07, 6.45) is 5.14. The van der Waals surface area contributed by atoms with Crippen molar-refractivity contribution in [3.8, 4) is 16.9 Å². The number of para-hydroxylation sites is 1. The highest BCUT2D eigenvalue weighted by Gasteiger charge is 2.18. The highest BCUT2D eigenvalue weighted by Crippen LogP contribution is 2.26. The summed E-state index contributed by atoms with van der Waals surface area (Å²) in [7, 11) is -2.16. The average molecular weight is 487 g/mol. The van der Waals surface area contributed by atoms with Crippen LogP contribution >= 0.6 is 0 Å². The second-order valence-electron chi connectivity index (χ2n) is 8.16. The monoisotopic (exact) mass is 486 g/mol. The fourth-order valence-electron chi connectivity index (χ4n) is 3.69. The predicted octanol–water partition coefficient (Wildman–Crippen LogP) is 4.42. The van der Waals surface area contributed by atoms with Crippen LogP contribution in [0.3, 0.4) is 0 Å². The number of likely N-dealkylation sites (N-methyl/N-ethyl adjacent to an activating group) is 1. The van der Waals surface area contributed by atoms with Crippen molar-refractivity contribution in [1.82, 2.24) is 14.7 Å². The molecule has 0 aliphatic rings. The molecule has 2 N–H and O–H groups in total. The van der Waals surface area contributed by atoms with Crippen LogP contribution in [0.15, 0.2) is 102 Å². The Bertz CT molecular complexity index is 1460. The Balaban J connectivity index is 1.61. The molecule has 0 spiro atoms. The summed E-state index contributed by atoms with van der Waals surface area (Å²) < 4.78 is 25.2. The highest BCUT2D eigenvalue weighted by molar-refractivity contribution is 7.89. The topological polar surface area (TPSA) is 98.3 Å². The highest BCUT2D eigenvalue weighted by atomic mass is 32.2. The van der Waals surface area contributed by atoms with Crippen molar-refractivity contribution in [2.45, 2.75) is 17.9 Å². The lowest BCUT2D eigenvalue weighted by Gasteiger charge is -2.24. The van der Waals surface area contributed by atoms with E-state index in [0.717, 1.165) is 22.5 Å². The Morgan fingerprint density at radius 2 is 1.66 bits per heavy atom. The van der Waals surface area contributed by atoms with E-state index < -0.39 is 10.0 Å². The van der Waals surface area contributed by atoms with Crippen molar-refractivity contribution in [2.24, 2.45) is 5.14 Å². The number of hydrogen-bond acceptors (Lipinski definition) is 4. The molecule has 1 atom stereocenters. The van der Waals surface area contributed by atoms with Gasteiger partial charge in [-0.25, -0.2) is 18.2 Å². The van der Waals surface area contributed by atoms with Gasteiger partial charge in [0.05, 0.1) is 22.3 Å². The Labute approximate surface area is 205 Å². The summed E-state index contributed by atoms with van der Waals surface area (Å²) in [5.41, 5.74) is 4.08. The van der Waals surface area contributed by atoms with Crippen LogP contribution in [0.5, 0.6) is 0 Å². The number of primary sulfonamides is 1. The van der Waals surface area contributed by atoms with Crippen molar-refractivity contribution < 1.29 is 13.2 Å². The van der Waals surface area contributed by atoms with E-state index in [9.17, 15) is 13.2 Å². The van der Waals surface area contributed by atoms with Crippen LogP contribution in [0.1, 0.15) is 24.1 Å². The molecule has 0 fully saturated rings. The molecule has 0 aliphatic heterocycles. The largest absolute Gasteiger partial charge is 0.335 e. The molecular weight excluding hydrogens is 460 g/mol. The first-order chi connectivity index (χ1) is 16.7. The molecule has 4 aromatic rings. The van der Waals surface area contributed by atoms with Gasteiger partial charge in [0, 0.05) is 30.4 Å². The zero-order valence-corrected chi connectivity index (χ0v) is 20.3. The zero-order chi connectivity index (χ0) is 25.0. The van der Waals surface area contributed by atoms with Gasteiger partial charge in [0.25, 0.3) is 0 Å². The number of aromatic nitrogens is 2. The third kappa shape index (κ3) is 5.56. The normalized spacial score (nSPS) is 12.5. The Hall–Kier alpha value is -4.01. The lowest BCUT2D eigenvalue weighted by atomic mass is 10.1. The number of nitrogens with zero attached hydrogens (tertiary/aromatic N) is 3. The molecule has 1 amide bonds. The first kappa shape index (κ1) is 24.1. The van der Waals surface area contributed by atoms with Crippen molar-refractivity contribution in [1.29, 1.82) is 0 Å². The van der Waals surface area contributed by atoms with Gasteiger partial charge >= 0.3 is 0 Å². The maximum Gasteiger partial charge on any atom is 0.246 e. The van der Waals surface area contributed by atoms with E-state index in [2.05, 4.69) is 0 Å². The minimum atomic E-state index is -3.83. The van der Waals surface area contributed by atoms with Gasteiger partial charge in [-0.05, 0) is 42.8 Å². The summed E-state index contributed by atoms with van der Waals surface area (Å²) in [6, 6.07) is 25.5. The summed E-state index contributed by atoms with van der Waals surface area (Å²) in [4.78, 5) is 14.6. The van der Waals surface area contributed by atoms with Gasteiger partial charge in [-0.2, -0.15) is 5.10 Å². The molecule has 1 aromatic heterocycles. The SMILES string of the molecule is CC(c1cccc(S(N)(=O)=O)c1)N(C)C(=O)/C=C/c1cn(-c2ccccc2)nc1-c1ccccc1. The van der Waals surface area contributed by atoms with Gasteiger partial charge in [0.2, 0.25) is 15.9 Å². The first-order valence-electron chi connectivity index (χ1n) is 11.0. The molecule has 8 heteroatoms. The maximum atomic E-state index is 13.0. The van der Waals surface area contributed by atoms with Gasteiger partial charge in [-0.1, -0.05) is 60.7 Å². The number of amides is 1. The Morgan fingerprint density at radius 1 is 1.00 bits per heavy atom. The first-order valence-corrected chi connectivity index (χ1v) is 12.6. The molecule has 7 nitrogen and oxygen atoms in total. The van der Waals surface area contributed by atoms with E-state index in [-0.39, 0.29) is 16.8 Å². The second kappa shape index (κ2) is 10.1. The van der Waals surface area contributed by atoms with Gasteiger partial charge in [-0.3, -0.25) is 4.79 Å². The van der Waals surface area contributed by atoms with Gasteiger partial charge in [0.15, 0.2) is 0 Å². The van der Waals surface area contributed by atoms with Crippen LogP contribution in [0.4, 0.5) is 0 Å². The molecule has 0 saturated carbocycles. The molecule has 178 valence electrons. The summed E-state index contributed by atoms with van der Waals surface area (Å²) in [5.74, 6) is -0.231. The summed E-state index contributed by atoms with van der Waals surface area (Å²) in [6.45, 7) is 1.83. The molecule has 35 heavy (non-hydrogen) atoms. The molecule has 1 heterocycles. The van der Waals surface area contributed by atoms with Crippen molar-refractivity contribution in [2.75, 3.05) is 7.05 Å². The standard InChI is InChI=1S/C27H26N4O3S/c1-20(22-12-9-15-25(18-22)35(28,33)34)30(2)26(32)17-16-23-19-31(24-13-7-4-8-14-24)29-27(23)21-10-5-3-6-11-21/h3-20H,1-2H3,(H2,28,33,34)/b17-16+. The van der Waals surface area contributed by atoms with Crippen LogP contribution in [0, 0.1) is 0 Å². The molecule has 1 unspecified atom stereocenters. The molecule has 0 saturated heterocycles. The fraction of sp³-hybridized carbons (Fsp3) is 0.111. The molecule has 4 rings (SSSR count). The number of nitrogens with two attached hydrogens (primary N) is 1. The lowest BCUT2D eigenvalue weighted by Crippen LogP contribution is -2.28. The van der Waals surface area contributed by atoms with E-state index in [4.69, 9.17) is 10.2 Å². The van der Waals surface area contributed by atoms with Crippen LogP contribution in [-0.4, -0.2) is 36.1 Å². The number of carbonyl (C=O) groups excluding carboxylic acids is 1. The molecule has 3 aromatic carbocycles. The molecule has 0 aliphatic carbocycles. The number of benzene rings is 3. The Morgan fingerprint density at radius 3 is 2.31 bits per heavy atom. The Kier molecular flexibility index (Phi) is 6.95. The van der Waals surface area contributed by atoms with Crippen molar-refractivity contribution in [3.05, 3.63) is 108 Å². The molecular formula is C27H26N4O3S. The number of hydrogen-bond donors (Lipinski definition) is 1. The molecule has 0 bridgehead atoms. The summed E-state index contributed by atoms with van der Waals surface area (Å²) >= 11 is 0. The van der Waals surface area contributed by atoms with Gasteiger partial charge in [-0.15, -0.1) is 0 Å². The lowest BCUT2D eigenvalue weighted by molar-refractivity contribution is -0.126.